The van der Waals surface area contributed by atoms with Crippen molar-refractivity contribution in [2.75, 3.05) is 24.7 Å². The summed E-state index contributed by atoms with van der Waals surface area (Å²) < 4.78 is 50.0. The number of fused-ring (bicyclic) bond motifs is 4. The van der Waals surface area contributed by atoms with E-state index in [2.05, 4.69) is 42.2 Å². The van der Waals surface area contributed by atoms with Crippen LogP contribution >= 0.6 is 25.8 Å². The van der Waals surface area contributed by atoms with Gasteiger partial charge < -0.3 is 40.6 Å². The smallest absolute Gasteiger partial charge is 0.386 e. The third kappa shape index (κ3) is 5.57. The number of nitrogens with two attached hydrogens (primary N) is 2. The molecule has 0 saturated carbocycles. The Bertz CT molecular complexity index is 1910. The van der Waals surface area contributed by atoms with E-state index >= 15 is 0 Å². The molecular weight excluding hydrogens is 698 g/mol. The number of hydrogen-bond acceptors (Lipinski definition) is 18. The van der Waals surface area contributed by atoms with Crippen molar-refractivity contribution in [1.82, 2.24) is 39.0 Å². The van der Waals surface area contributed by atoms with E-state index in [1.54, 1.807) is 0 Å². The van der Waals surface area contributed by atoms with Gasteiger partial charge in [0.25, 0.3) is 11.1 Å². The minimum atomic E-state index is -4.35. The lowest BCUT2D eigenvalue weighted by molar-refractivity contribution is -0.0577. The number of hydrogen-bond donors (Lipinski definition) is 8. The molecule has 10 atom stereocenters. The molecule has 9 N–H and O–H groups in total. The average molecular weight is 723 g/mol. The van der Waals surface area contributed by atoms with Gasteiger partial charge in [0.15, 0.2) is 34.8 Å². The maximum Gasteiger partial charge on any atom is 0.386 e. The van der Waals surface area contributed by atoms with Gasteiger partial charge in [0.1, 0.15) is 36.6 Å². The maximum absolute atomic E-state index is 13.4. The molecule has 0 radical (unpaired) electrons. The zero-order valence-electron chi connectivity index (χ0n) is 22.8. The van der Waals surface area contributed by atoms with Crippen LogP contribution in [0.2, 0.25) is 0 Å². The number of aromatic nitrogens is 8. The molecule has 4 unspecified atom stereocenters. The molecule has 0 aliphatic carbocycles. The van der Waals surface area contributed by atoms with Gasteiger partial charge in [-0.05, 0) is 11.8 Å². The number of thiol groups is 1. The zero-order chi connectivity index (χ0) is 32.7. The van der Waals surface area contributed by atoms with E-state index < -0.39 is 86.9 Å². The van der Waals surface area contributed by atoms with Gasteiger partial charge in [-0.15, -0.1) is 0 Å². The molecule has 3 aliphatic heterocycles. The Morgan fingerprint density at radius 3 is 1.83 bits per heavy atom. The van der Waals surface area contributed by atoms with Crippen molar-refractivity contribution in [1.29, 1.82) is 0 Å². The molecule has 22 nitrogen and oxygen atoms in total. The predicted octanol–water partition coefficient (Wildman–Crippen LogP) is -1.99. The van der Waals surface area contributed by atoms with Crippen molar-refractivity contribution < 1.29 is 47.2 Å². The van der Waals surface area contributed by atoms with Crippen LogP contribution in [-0.4, -0.2) is 104 Å². The molecule has 0 aromatic carbocycles. The number of nitrogen functional groups attached to an aromatic ring is 2. The van der Waals surface area contributed by atoms with Crippen molar-refractivity contribution in [2.45, 2.75) is 49.1 Å². The minimum absolute atomic E-state index is 0.0342. The summed E-state index contributed by atoms with van der Waals surface area (Å²) in [7, 11) is 0. The number of ether oxygens (including phenoxy) is 2. The van der Waals surface area contributed by atoms with E-state index in [4.69, 9.17) is 50.8 Å². The number of nitrogens with zero attached hydrogens (tertiary/aromatic N) is 6. The molecule has 46 heavy (non-hydrogen) atoms. The van der Waals surface area contributed by atoms with Gasteiger partial charge in [-0.25, -0.2) is 14.5 Å². The monoisotopic (exact) mass is 722 g/mol. The molecule has 248 valence electrons. The van der Waals surface area contributed by atoms with E-state index in [9.17, 15) is 29.3 Å². The standard InChI is InChI=1S/C20H24N10O12P2S2/c21-19-25-13-7(15(33)27-19)23-3-29(13)17-9(31)11-5(39-17)1-37-43(35,45)42-12-6(2-38-44(36,46)41-11)40-18(10(12)32)30-4-24-8-14(30)26-20(22)28-16(8)34/h3-6,9-12,17-18,31-32H,1-2H2,(H,35,45)(H,36,46)(H3,21,25,27,33)(H3,22,26,28,34)/t5?,6?,9-,10-,11-,12-,17-,18-,43?,44?/m1/s1. The van der Waals surface area contributed by atoms with E-state index in [-0.39, 0.29) is 34.2 Å². The van der Waals surface area contributed by atoms with E-state index in [0.29, 0.717) is 0 Å². The Labute approximate surface area is 264 Å². The van der Waals surface area contributed by atoms with Gasteiger partial charge in [0.05, 0.1) is 25.9 Å². The highest BCUT2D eigenvalue weighted by Gasteiger charge is 2.53. The van der Waals surface area contributed by atoms with Crippen molar-refractivity contribution in [3.05, 3.63) is 33.4 Å². The largest absolute Gasteiger partial charge is 0.386 e. The summed E-state index contributed by atoms with van der Waals surface area (Å²) in [6.45, 7) is -9.76. The molecule has 0 spiro atoms. The van der Waals surface area contributed by atoms with Crippen LogP contribution in [0.25, 0.3) is 22.3 Å². The van der Waals surface area contributed by atoms with Gasteiger partial charge >= 0.3 is 13.5 Å². The van der Waals surface area contributed by atoms with Crippen LogP contribution < -0.4 is 22.6 Å². The zero-order valence-corrected chi connectivity index (χ0v) is 26.3. The molecule has 3 aliphatic rings. The summed E-state index contributed by atoms with van der Waals surface area (Å²) in [6.07, 6.45) is -9.01. The number of aromatic amines is 2. The Morgan fingerprint density at radius 1 is 0.870 bits per heavy atom. The lowest BCUT2D eigenvalue weighted by Gasteiger charge is -2.29. The van der Waals surface area contributed by atoms with Crippen LogP contribution in [0.3, 0.4) is 0 Å². The number of H-pyrrole nitrogens is 2. The first-order chi connectivity index (χ1) is 21.7. The summed E-state index contributed by atoms with van der Waals surface area (Å²) in [6, 6.07) is 0. The summed E-state index contributed by atoms with van der Waals surface area (Å²) >= 11 is 9.24. The van der Waals surface area contributed by atoms with Crippen LogP contribution in [0, 0.1) is 0 Å². The lowest BCUT2D eigenvalue weighted by Crippen LogP contribution is -2.38. The van der Waals surface area contributed by atoms with E-state index in [1.807, 2.05) is 0 Å². The molecule has 4 aromatic heterocycles. The van der Waals surface area contributed by atoms with Crippen molar-refractivity contribution >= 4 is 71.8 Å². The summed E-state index contributed by atoms with van der Waals surface area (Å²) in [5, 5.41) is 22.5. The lowest BCUT2D eigenvalue weighted by atomic mass is 10.1. The van der Waals surface area contributed by atoms with Crippen LogP contribution in [0.5, 0.6) is 0 Å². The molecule has 7 heterocycles. The molecule has 7 rings (SSSR count). The quantitative estimate of drug-likeness (QED) is 0.0820. The highest BCUT2D eigenvalue weighted by atomic mass is 32.7. The molecular formula is C20H24N10O12P2S2. The number of aliphatic hydroxyl groups is 2. The van der Waals surface area contributed by atoms with Crippen LogP contribution in [0.15, 0.2) is 22.2 Å². The fraction of sp³-hybridized carbons (Fsp3) is 0.500. The first kappa shape index (κ1) is 31.8. The van der Waals surface area contributed by atoms with Crippen LogP contribution in [-0.2, 0) is 43.9 Å². The van der Waals surface area contributed by atoms with Gasteiger partial charge in [0.2, 0.25) is 11.9 Å². The number of nitrogens with one attached hydrogen (secondary N) is 2. The van der Waals surface area contributed by atoms with E-state index in [1.165, 1.54) is 21.8 Å². The summed E-state index contributed by atoms with van der Waals surface area (Å²) in [4.78, 5) is 56.2. The number of rotatable bonds is 2. The first-order valence-electron chi connectivity index (χ1n) is 13.1. The molecule has 0 amide bonds. The first-order valence-corrected chi connectivity index (χ1v) is 18.4. The van der Waals surface area contributed by atoms with Crippen molar-refractivity contribution in [3.63, 3.8) is 0 Å². The van der Waals surface area contributed by atoms with Gasteiger partial charge in [-0.2, -0.15) is 9.97 Å². The fourth-order valence-electron chi connectivity index (χ4n) is 5.39. The summed E-state index contributed by atoms with van der Waals surface area (Å²) in [5.74, 6) is -0.450. The predicted molar refractivity (Wildman–Crippen MR) is 160 cm³/mol. The van der Waals surface area contributed by atoms with Gasteiger partial charge in [-0.1, -0.05) is 12.2 Å². The number of aliphatic hydroxyl groups excluding tert-OH is 2. The van der Waals surface area contributed by atoms with Crippen molar-refractivity contribution in [3.8, 4) is 0 Å². The second-order valence-corrected chi connectivity index (χ2v) is 16.0. The van der Waals surface area contributed by atoms with Gasteiger partial charge in [0, 0.05) is 0 Å². The minimum Gasteiger partial charge on any atom is -0.386 e. The number of anilines is 2. The molecule has 4 aromatic rings. The van der Waals surface area contributed by atoms with Crippen molar-refractivity contribution in [2.24, 2.45) is 0 Å². The Hall–Kier alpha value is -2.83. The fourth-order valence-corrected chi connectivity index (χ4v) is 8.33. The normalized spacial score (nSPS) is 37.1. The second kappa shape index (κ2) is 11.4. The Kier molecular flexibility index (Phi) is 7.87. The maximum atomic E-state index is 13.4. The molecule has 0 bridgehead atoms. The average Bonchev–Trinajstić information content (AvgIpc) is 3.72. The second-order valence-electron chi connectivity index (χ2n) is 10.3. The van der Waals surface area contributed by atoms with Gasteiger partial charge in [-0.3, -0.25) is 42.3 Å². The third-order valence-electron chi connectivity index (χ3n) is 7.38. The van der Waals surface area contributed by atoms with Crippen LogP contribution in [0.1, 0.15) is 12.5 Å². The van der Waals surface area contributed by atoms with Crippen LogP contribution in [0.4, 0.5) is 11.9 Å². The number of imidazole rings is 2. The SMILES string of the molecule is Nc1nc2c(ncn2[C@@H]2OC3COP(O)(=S)O[C@@H]4C(COP(=O)(S)O[C@H]3[C@H]2O)O[C@@H](n2cnc3c(=O)[nH]c(N)nc32)[C@@H]4O)c(=O)[nH]1. The topological polar surface area (TPSA) is 312 Å². The summed E-state index contributed by atoms with van der Waals surface area (Å²) in [5.41, 5.74) is 9.79. The highest BCUT2D eigenvalue weighted by Crippen LogP contribution is 2.58. The highest BCUT2D eigenvalue weighted by molar-refractivity contribution is 8.44. The third-order valence-corrected chi connectivity index (χ3v) is 10.6. The molecule has 3 saturated heterocycles. The molecule has 3 fully saturated rings. The Morgan fingerprint density at radius 2 is 1.33 bits per heavy atom. The molecule has 26 heteroatoms. The Balaban J connectivity index is 1.18. The van der Waals surface area contributed by atoms with E-state index in [0.717, 1.165) is 0 Å².